The summed E-state index contributed by atoms with van der Waals surface area (Å²) in [5.41, 5.74) is 0.479. The van der Waals surface area contributed by atoms with Gasteiger partial charge in [-0.2, -0.15) is 0 Å². The number of hydrogen-bond donors (Lipinski definition) is 1. The summed E-state index contributed by atoms with van der Waals surface area (Å²) in [5.74, 6) is 0.870. The molecule has 0 aromatic rings. The van der Waals surface area contributed by atoms with Crippen LogP contribution in [0.5, 0.6) is 0 Å². The first-order chi connectivity index (χ1) is 5.52. The van der Waals surface area contributed by atoms with Gasteiger partial charge < -0.3 is 5.32 Å². The predicted octanol–water partition coefficient (Wildman–Crippen LogP) is 3.06. The molecule has 74 valence electrons. The molecule has 0 saturated heterocycles. The van der Waals surface area contributed by atoms with Gasteiger partial charge in [0.15, 0.2) is 0 Å². The first-order valence-corrected chi connectivity index (χ1v) is 5.17. The van der Waals surface area contributed by atoms with Crippen LogP contribution in [-0.4, -0.2) is 13.6 Å². The highest BCUT2D eigenvalue weighted by Crippen LogP contribution is 2.31. The fraction of sp³-hybridized carbons (Fsp3) is 1.00. The maximum atomic E-state index is 3.23. The van der Waals surface area contributed by atoms with E-state index in [1.54, 1.807) is 0 Å². The second kappa shape index (κ2) is 5.58. The van der Waals surface area contributed by atoms with Crippen molar-refractivity contribution >= 4 is 0 Å². The topological polar surface area (TPSA) is 12.0 Å². The van der Waals surface area contributed by atoms with Gasteiger partial charge in [0.05, 0.1) is 0 Å². The van der Waals surface area contributed by atoms with Crippen LogP contribution in [-0.2, 0) is 0 Å². The smallest absolute Gasteiger partial charge is 0.00491 e. The molecule has 0 spiro atoms. The molecule has 0 aliphatic carbocycles. The zero-order valence-electron chi connectivity index (χ0n) is 9.41. The predicted molar refractivity (Wildman–Crippen MR) is 56.4 cm³/mol. The van der Waals surface area contributed by atoms with Crippen LogP contribution in [0.1, 0.15) is 47.0 Å². The van der Waals surface area contributed by atoms with E-state index in [2.05, 4.69) is 33.0 Å². The van der Waals surface area contributed by atoms with Gasteiger partial charge in [0.25, 0.3) is 0 Å². The Balaban J connectivity index is 3.86. The van der Waals surface area contributed by atoms with E-state index in [1.165, 1.54) is 19.3 Å². The molecule has 1 nitrogen and oxygen atoms in total. The summed E-state index contributed by atoms with van der Waals surface area (Å²) in [6, 6.07) is 0. The van der Waals surface area contributed by atoms with Crippen molar-refractivity contribution in [3.63, 3.8) is 0 Å². The number of hydrogen-bond acceptors (Lipinski definition) is 1. The molecular weight excluding hydrogens is 146 g/mol. The summed E-state index contributed by atoms with van der Waals surface area (Å²) >= 11 is 0. The van der Waals surface area contributed by atoms with Gasteiger partial charge in [-0.25, -0.2) is 0 Å². The molecule has 1 heteroatoms. The number of nitrogens with one attached hydrogen (secondary N) is 1. The molecule has 0 heterocycles. The summed E-state index contributed by atoms with van der Waals surface area (Å²) in [4.78, 5) is 0. The lowest BCUT2D eigenvalue weighted by Crippen LogP contribution is -2.24. The molecule has 0 aliphatic rings. The highest BCUT2D eigenvalue weighted by molar-refractivity contribution is 4.74. The Bertz CT molecular complexity index is 102. The van der Waals surface area contributed by atoms with E-state index in [4.69, 9.17) is 0 Å². The van der Waals surface area contributed by atoms with Gasteiger partial charge in [-0.05, 0) is 31.3 Å². The molecule has 0 aliphatic heterocycles. The highest BCUT2D eigenvalue weighted by atomic mass is 14.8. The average molecular weight is 171 g/mol. The molecule has 0 aromatic heterocycles. The summed E-state index contributed by atoms with van der Waals surface area (Å²) in [7, 11) is 2.03. The first-order valence-electron chi connectivity index (χ1n) is 5.17. The van der Waals surface area contributed by atoms with E-state index in [1.807, 2.05) is 7.05 Å². The number of rotatable bonds is 5. The monoisotopic (exact) mass is 171 g/mol. The van der Waals surface area contributed by atoms with Crippen LogP contribution in [0.25, 0.3) is 0 Å². The van der Waals surface area contributed by atoms with Gasteiger partial charge in [-0.1, -0.05) is 40.5 Å². The lowest BCUT2D eigenvalue weighted by Gasteiger charge is -2.30. The van der Waals surface area contributed by atoms with Gasteiger partial charge in [0.2, 0.25) is 0 Å². The molecule has 0 radical (unpaired) electrons. The van der Waals surface area contributed by atoms with Gasteiger partial charge in [-0.15, -0.1) is 0 Å². The minimum Gasteiger partial charge on any atom is -0.320 e. The molecule has 0 aromatic carbocycles. The highest BCUT2D eigenvalue weighted by Gasteiger charge is 2.22. The fourth-order valence-corrected chi connectivity index (χ4v) is 1.68. The average Bonchev–Trinajstić information content (AvgIpc) is 1.95. The standard InChI is InChI=1S/C11H25N/c1-6-7-10(8-9-12-5)11(2,3)4/h10,12H,6-9H2,1-5H3. The Labute approximate surface area is 77.9 Å². The Morgan fingerprint density at radius 1 is 1.17 bits per heavy atom. The van der Waals surface area contributed by atoms with Gasteiger partial charge >= 0.3 is 0 Å². The van der Waals surface area contributed by atoms with Crippen molar-refractivity contribution in [3.8, 4) is 0 Å². The summed E-state index contributed by atoms with van der Waals surface area (Å²) in [5, 5.41) is 3.23. The normalized spacial score (nSPS) is 14.8. The van der Waals surface area contributed by atoms with E-state index in [-0.39, 0.29) is 0 Å². The molecule has 12 heavy (non-hydrogen) atoms. The van der Waals surface area contributed by atoms with Crippen LogP contribution in [0.3, 0.4) is 0 Å². The largest absolute Gasteiger partial charge is 0.320 e. The lowest BCUT2D eigenvalue weighted by molar-refractivity contribution is 0.210. The third-order valence-corrected chi connectivity index (χ3v) is 2.60. The van der Waals surface area contributed by atoms with Gasteiger partial charge in [0, 0.05) is 0 Å². The molecule has 1 unspecified atom stereocenters. The minimum atomic E-state index is 0.479. The fourth-order valence-electron chi connectivity index (χ4n) is 1.68. The summed E-state index contributed by atoms with van der Waals surface area (Å²) in [6.45, 7) is 10.5. The summed E-state index contributed by atoms with van der Waals surface area (Å²) in [6.07, 6.45) is 3.99. The van der Waals surface area contributed by atoms with E-state index >= 15 is 0 Å². The van der Waals surface area contributed by atoms with Crippen molar-refractivity contribution in [1.29, 1.82) is 0 Å². The van der Waals surface area contributed by atoms with E-state index in [0.29, 0.717) is 5.41 Å². The minimum absolute atomic E-state index is 0.479. The van der Waals surface area contributed by atoms with E-state index in [9.17, 15) is 0 Å². The van der Waals surface area contributed by atoms with Gasteiger partial charge in [-0.3, -0.25) is 0 Å². The third kappa shape index (κ3) is 4.76. The SMILES string of the molecule is CCCC(CCNC)C(C)(C)C. The van der Waals surface area contributed by atoms with Crippen molar-refractivity contribution in [3.05, 3.63) is 0 Å². The molecule has 1 atom stereocenters. The molecule has 0 saturated carbocycles. The van der Waals surface area contributed by atoms with Crippen LogP contribution in [0.4, 0.5) is 0 Å². The van der Waals surface area contributed by atoms with E-state index in [0.717, 1.165) is 12.5 Å². The Kier molecular flexibility index (Phi) is 5.56. The molecule has 0 bridgehead atoms. The van der Waals surface area contributed by atoms with Crippen LogP contribution < -0.4 is 5.32 Å². The first kappa shape index (κ1) is 12.0. The third-order valence-electron chi connectivity index (χ3n) is 2.60. The van der Waals surface area contributed by atoms with Gasteiger partial charge in [0.1, 0.15) is 0 Å². The lowest BCUT2D eigenvalue weighted by atomic mass is 9.76. The van der Waals surface area contributed by atoms with Crippen LogP contribution >= 0.6 is 0 Å². The van der Waals surface area contributed by atoms with E-state index < -0.39 is 0 Å². The van der Waals surface area contributed by atoms with Crippen LogP contribution in [0.15, 0.2) is 0 Å². The molecule has 0 fully saturated rings. The molecule has 1 N–H and O–H groups in total. The van der Waals surface area contributed by atoms with Crippen molar-refractivity contribution in [1.82, 2.24) is 5.32 Å². The Morgan fingerprint density at radius 2 is 1.75 bits per heavy atom. The van der Waals surface area contributed by atoms with Crippen molar-refractivity contribution in [2.75, 3.05) is 13.6 Å². The van der Waals surface area contributed by atoms with Crippen molar-refractivity contribution in [2.24, 2.45) is 11.3 Å². The van der Waals surface area contributed by atoms with Crippen molar-refractivity contribution in [2.45, 2.75) is 47.0 Å². The second-order valence-electron chi connectivity index (χ2n) is 4.74. The zero-order valence-corrected chi connectivity index (χ0v) is 9.41. The quantitative estimate of drug-likeness (QED) is 0.670. The van der Waals surface area contributed by atoms with Crippen LogP contribution in [0, 0.1) is 11.3 Å². The molecular formula is C11H25N. The second-order valence-corrected chi connectivity index (χ2v) is 4.74. The molecule has 0 rings (SSSR count). The van der Waals surface area contributed by atoms with Crippen molar-refractivity contribution < 1.29 is 0 Å². The zero-order chi connectivity index (χ0) is 9.61. The Hall–Kier alpha value is -0.0400. The molecule has 0 amide bonds. The maximum Gasteiger partial charge on any atom is -0.00491 e. The summed E-state index contributed by atoms with van der Waals surface area (Å²) < 4.78 is 0. The van der Waals surface area contributed by atoms with Crippen LogP contribution in [0.2, 0.25) is 0 Å². The maximum absolute atomic E-state index is 3.23. The Morgan fingerprint density at radius 3 is 2.08 bits per heavy atom.